The van der Waals surface area contributed by atoms with E-state index < -0.39 is 42.9 Å². The van der Waals surface area contributed by atoms with Crippen molar-refractivity contribution in [3.8, 4) is 0 Å². The standard InChI is InChI=1S/C10H13F7O2/c1-3-6(2)7(18)19-5-4-8(11,12)9(13,14)10(15,16)17/h6H,3-5H2,1-2H3. The van der Waals surface area contributed by atoms with Crippen molar-refractivity contribution >= 4 is 5.97 Å². The zero-order valence-corrected chi connectivity index (χ0v) is 10.2. The Labute approximate surface area is 104 Å². The highest BCUT2D eigenvalue weighted by Gasteiger charge is 2.72. The third kappa shape index (κ3) is 4.24. The van der Waals surface area contributed by atoms with Gasteiger partial charge < -0.3 is 4.74 Å². The van der Waals surface area contributed by atoms with Gasteiger partial charge in [0, 0.05) is 0 Å². The van der Waals surface area contributed by atoms with Crippen molar-refractivity contribution in [1.29, 1.82) is 0 Å². The number of rotatable bonds is 6. The zero-order chi connectivity index (χ0) is 15.5. The molecule has 0 aliphatic carbocycles. The van der Waals surface area contributed by atoms with Crippen LogP contribution in [-0.2, 0) is 9.53 Å². The first kappa shape index (κ1) is 18.0. The lowest BCUT2D eigenvalue weighted by atomic mass is 10.1. The normalized spacial score (nSPS) is 15.2. The average molecular weight is 298 g/mol. The monoisotopic (exact) mass is 298 g/mol. The van der Waals surface area contributed by atoms with E-state index in [1.807, 2.05) is 0 Å². The maximum absolute atomic E-state index is 12.8. The summed E-state index contributed by atoms with van der Waals surface area (Å²) >= 11 is 0. The molecule has 0 N–H and O–H groups in total. The molecule has 0 aliphatic heterocycles. The highest BCUT2D eigenvalue weighted by atomic mass is 19.4. The molecule has 19 heavy (non-hydrogen) atoms. The van der Waals surface area contributed by atoms with Crippen molar-refractivity contribution in [2.24, 2.45) is 5.92 Å². The molecule has 0 saturated heterocycles. The van der Waals surface area contributed by atoms with Crippen molar-refractivity contribution < 1.29 is 40.3 Å². The Bertz CT molecular complexity index is 311. The molecule has 0 rings (SSSR count). The van der Waals surface area contributed by atoms with Crippen LogP contribution in [0.5, 0.6) is 0 Å². The van der Waals surface area contributed by atoms with E-state index in [9.17, 15) is 35.5 Å². The van der Waals surface area contributed by atoms with Gasteiger partial charge in [0.25, 0.3) is 0 Å². The molecule has 1 unspecified atom stereocenters. The van der Waals surface area contributed by atoms with E-state index in [0.29, 0.717) is 6.42 Å². The Morgan fingerprint density at radius 3 is 1.95 bits per heavy atom. The smallest absolute Gasteiger partial charge is 0.459 e. The zero-order valence-electron chi connectivity index (χ0n) is 10.2. The van der Waals surface area contributed by atoms with Crippen LogP contribution < -0.4 is 0 Å². The van der Waals surface area contributed by atoms with Gasteiger partial charge in [-0.25, -0.2) is 0 Å². The van der Waals surface area contributed by atoms with Crippen LogP contribution in [-0.4, -0.2) is 30.6 Å². The van der Waals surface area contributed by atoms with Gasteiger partial charge in [-0.2, -0.15) is 30.7 Å². The molecule has 0 fully saturated rings. The molecule has 0 radical (unpaired) electrons. The molecular weight excluding hydrogens is 285 g/mol. The van der Waals surface area contributed by atoms with Crippen LogP contribution in [0.25, 0.3) is 0 Å². The van der Waals surface area contributed by atoms with Gasteiger partial charge in [0.1, 0.15) is 0 Å². The molecular formula is C10H13F7O2. The second-order valence-corrected chi connectivity index (χ2v) is 4.00. The fourth-order valence-electron chi connectivity index (χ4n) is 0.953. The third-order valence-electron chi connectivity index (χ3n) is 2.49. The van der Waals surface area contributed by atoms with E-state index in [1.165, 1.54) is 6.92 Å². The minimum atomic E-state index is -6.36. The summed E-state index contributed by atoms with van der Waals surface area (Å²) in [6.45, 7) is 1.80. The Morgan fingerprint density at radius 2 is 1.58 bits per heavy atom. The Morgan fingerprint density at radius 1 is 1.11 bits per heavy atom. The van der Waals surface area contributed by atoms with Gasteiger partial charge in [-0.3, -0.25) is 4.79 Å². The fraction of sp³-hybridized carbons (Fsp3) is 0.900. The van der Waals surface area contributed by atoms with Crippen LogP contribution in [0.3, 0.4) is 0 Å². The molecule has 2 nitrogen and oxygen atoms in total. The molecule has 0 amide bonds. The average Bonchev–Trinajstić information content (AvgIpc) is 2.25. The fourth-order valence-corrected chi connectivity index (χ4v) is 0.953. The lowest BCUT2D eigenvalue weighted by molar-refractivity contribution is -0.356. The minimum Gasteiger partial charge on any atom is -0.465 e. The number of hydrogen-bond donors (Lipinski definition) is 0. The SMILES string of the molecule is CCC(C)C(=O)OCCC(F)(F)C(F)(F)C(F)(F)F. The largest absolute Gasteiger partial charge is 0.465 e. The van der Waals surface area contributed by atoms with Crippen LogP contribution in [0.2, 0.25) is 0 Å². The molecule has 1 atom stereocenters. The van der Waals surface area contributed by atoms with Crippen molar-refractivity contribution in [1.82, 2.24) is 0 Å². The van der Waals surface area contributed by atoms with Crippen LogP contribution in [0, 0.1) is 5.92 Å². The van der Waals surface area contributed by atoms with E-state index in [4.69, 9.17) is 0 Å². The Kier molecular flexibility index (Phi) is 5.64. The van der Waals surface area contributed by atoms with E-state index in [-0.39, 0.29) is 0 Å². The highest BCUT2D eigenvalue weighted by Crippen LogP contribution is 2.47. The third-order valence-corrected chi connectivity index (χ3v) is 2.49. The van der Waals surface area contributed by atoms with Gasteiger partial charge in [0.15, 0.2) is 0 Å². The highest BCUT2D eigenvalue weighted by molar-refractivity contribution is 5.71. The predicted octanol–water partition coefficient (Wildman–Crippen LogP) is 3.80. The molecule has 9 heteroatoms. The van der Waals surface area contributed by atoms with E-state index in [0.717, 1.165) is 0 Å². The number of halogens is 7. The maximum Gasteiger partial charge on any atom is 0.459 e. The van der Waals surface area contributed by atoms with Crippen LogP contribution in [0.4, 0.5) is 30.7 Å². The summed E-state index contributed by atoms with van der Waals surface area (Å²) in [7, 11) is 0. The molecule has 0 spiro atoms. The van der Waals surface area contributed by atoms with Crippen molar-refractivity contribution in [3.05, 3.63) is 0 Å². The minimum absolute atomic E-state index is 0.327. The van der Waals surface area contributed by atoms with Crippen LogP contribution in [0.15, 0.2) is 0 Å². The topological polar surface area (TPSA) is 26.3 Å². The molecule has 0 aromatic rings. The van der Waals surface area contributed by atoms with Crippen molar-refractivity contribution in [3.63, 3.8) is 0 Å². The summed E-state index contributed by atoms with van der Waals surface area (Å²) in [4.78, 5) is 11.0. The quantitative estimate of drug-likeness (QED) is 0.551. The lowest BCUT2D eigenvalue weighted by Crippen LogP contribution is -2.52. The first-order valence-electron chi connectivity index (χ1n) is 5.35. The predicted molar refractivity (Wildman–Crippen MR) is 51.0 cm³/mol. The number of carbonyl (C=O) groups excluding carboxylic acids is 1. The van der Waals surface area contributed by atoms with Gasteiger partial charge in [0.2, 0.25) is 0 Å². The van der Waals surface area contributed by atoms with Gasteiger partial charge in [-0.1, -0.05) is 13.8 Å². The summed E-state index contributed by atoms with van der Waals surface area (Å²) in [6.07, 6.45) is -7.94. The summed E-state index contributed by atoms with van der Waals surface area (Å²) in [5.41, 5.74) is 0. The van der Waals surface area contributed by atoms with E-state index >= 15 is 0 Å². The maximum atomic E-state index is 12.8. The first-order chi connectivity index (χ1) is 8.37. The molecule has 0 saturated carbocycles. The van der Waals surface area contributed by atoms with Gasteiger partial charge >= 0.3 is 24.0 Å². The van der Waals surface area contributed by atoms with Crippen LogP contribution >= 0.6 is 0 Å². The number of carbonyl (C=O) groups is 1. The first-order valence-corrected chi connectivity index (χ1v) is 5.35. The molecule has 0 bridgehead atoms. The number of esters is 1. The van der Waals surface area contributed by atoms with Gasteiger partial charge in [-0.05, 0) is 6.42 Å². The van der Waals surface area contributed by atoms with E-state index in [2.05, 4.69) is 4.74 Å². The van der Waals surface area contributed by atoms with Crippen molar-refractivity contribution in [2.75, 3.05) is 6.61 Å². The molecule has 0 aromatic heterocycles. The molecule has 114 valence electrons. The summed E-state index contributed by atoms with van der Waals surface area (Å²) in [5.74, 6) is -13.1. The number of alkyl halides is 7. The molecule has 0 aliphatic rings. The van der Waals surface area contributed by atoms with Gasteiger partial charge in [-0.15, -0.1) is 0 Å². The van der Waals surface area contributed by atoms with Crippen molar-refractivity contribution in [2.45, 2.75) is 44.7 Å². The lowest BCUT2D eigenvalue weighted by Gasteiger charge is -2.28. The van der Waals surface area contributed by atoms with Gasteiger partial charge in [0.05, 0.1) is 18.9 Å². The number of hydrogen-bond acceptors (Lipinski definition) is 2. The molecule has 0 heterocycles. The summed E-state index contributed by atoms with van der Waals surface area (Å²) in [6, 6.07) is 0. The van der Waals surface area contributed by atoms with Crippen LogP contribution in [0.1, 0.15) is 26.7 Å². The second-order valence-electron chi connectivity index (χ2n) is 4.00. The number of ether oxygens (including phenoxy) is 1. The molecule has 0 aromatic carbocycles. The van der Waals surface area contributed by atoms with E-state index in [1.54, 1.807) is 6.92 Å². The second kappa shape index (κ2) is 5.96. The summed E-state index contributed by atoms with van der Waals surface area (Å²) < 4.78 is 89.9. The summed E-state index contributed by atoms with van der Waals surface area (Å²) in [5, 5.41) is 0. The Hall–Kier alpha value is -1.02. The Balaban J connectivity index is 4.52.